The lowest BCUT2D eigenvalue weighted by molar-refractivity contribution is 0.176. The molecular formula is C9H15NOS. The van der Waals surface area contributed by atoms with E-state index in [1.54, 1.807) is 7.11 Å². The van der Waals surface area contributed by atoms with Gasteiger partial charge in [0.1, 0.15) is 0 Å². The molecule has 0 aliphatic carbocycles. The number of hydrogen-bond acceptors (Lipinski definition) is 3. The molecule has 12 heavy (non-hydrogen) atoms. The fourth-order valence-electron chi connectivity index (χ4n) is 1.04. The largest absolute Gasteiger partial charge is 0.370 e. The molecule has 0 radical (unpaired) electrons. The van der Waals surface area contributed by atoms with Crippen LogP contribution in [0.4, 0.5) is 0 Å². The second-order valence-electron chi connectivity index (χ2n) is 2.71. The van der Waals surface area contributed by atoms with Crippen LogP contribution in [0, 0.1) is 6.92 Å². The van der Waals surface area contributed by atoms with E-state index >= 15 is 0 Å². The van der Waals surface area contributed by atoms with E-state index in [0.29, 0.717) is 6.73 Å². The second-order valence-corrected chi connectivity index (χ2v) is 3.71. The Kier molecular flexibility index (Phi) is 4.29. The molecule has 0 aliphatic rings. The van der Waals surface area contributed by atoms with Gasteiger partial charge in [0.2, 0.25) is 0 Å². The lowest BCUT2D eigenvalue weighted by Gasteiger charge is -2.01. The van der Waals surface area contributed by atoms with Crippen LogP contribution in [0.5, 0.6) is 0 Å². The second kappa shape index (κ2) is 5.30. The van der Waals surface area contributed by atoms with E-state index in [1.165, 1.54) is 10.4 Å². The molecule has 1 rings (SSSR count). The Bertz CT molecular complexity index is 222. The quantitative estimate of drug-likeness (QED) is 0.558. The smallest absolute Gasteiger partial charge is 0.0961 e. The van der Waals surface area contributed by atoms with Gasteiger partial charge >= 0.3 is 0 Å². The summed E-state index contributed by atoms with van der Waals surface area (Å²) in [6.45, 7) is 3.79. The van der Waals surface area contributed by atoms with E-state index in [2.05, 4.69) is 23.7 Å². The molecule has 0 aliphatic heterocycles. The fraction of sp³-hybridized carbons (Fsp3) is 0.556. The van der Waals surface area contributed by atoms with Gasteiger partial charge in [-0.3, -0.25) is 5.32 Å². The summed E-state index contributed by atoms with van der Waals surface area (Å²) in [7, 11) is 1.70. The van der Waals surface area contributed by atoms with Crippen LogP contribution in [0.2, 0.25) is 0 Å². The van der Waals surface area contributed by atoms with Crippen LogP contribution in [0.25, 0.3) is 0 Å². The minimum absolute atomic E-state index is 0.643. The van der Waals surface area contributed by atoms with Crippen LogP contribution in [0.15, 0.2) is 11.4 Å². The average molecular weight is 185 g/mol. The Morgan fingerprint density at radius 3 is 3.00 bits per heavy atom. The molecule has 1 aromatic rings. The van der Waals surface area contributed by atoms with E-state index in [-0.39, 0.29) is 0 Å². The minimum atomic E-state index is 0.643. The monoisotopic (exact) mass is 185 g/mol. The first kappa shape index (κ1) is 9.71. The van der Waals surface area contributed by atoms with Gasteiger partial charge in [-0.2, -0.15) is 0 Å². The number of hydrogen-bond donors (Lipinski definition) is 1. The van der Waals surface area contributed by atoms with Crippen molar-refractivity contribution in [3.63, 3.8) is 0 Å². The maximum Gasteiger partial charge on any atom is 0.0961 e. The third-order valence-electron chi connectivity index (χ3n) is 1.74. The van der Waals surface area contributed by atoms with Crippen molar-refractivity contribution >= 4 is 11.3 Å². The molecule has 3 heteroatoms. The van der Waals surface area contributed by atoms with Gasteiger partial charge in [0.25, 0.3) is 0 Å². The highest BCUT2D eigenvalue weighted by Crippen LogP contribution is 2.15. The van der Waals surface area contributed by atoms with Gasteiger partial charge in [-0.05, 0) is 30.4 Å². The number of aryl methyl sites for hydroxylation is 1. The molecule has 1 heterocycles. The lowest BCUT2D eigenvalue weighted by Crippen LogP contribution is -2.19. The summed E-state index contributed by atoms with van der Waals surface area (Å²) in [5, 5.41) is 5.32. The maximum absolute atomic E-state index is 4.88. The fourth-order valence-corrected chi connectivity index (χ4v) is 1.95. The Balaban J connectivity index is 2.20. The lowest BCUT2D eigenvalue weighted by atomic mass is 10.2. The average Bonchev–Trinajstić information content (AvgIpc) is 2.46. The van der Waals surface area contributed by atoms with Crippen molar-refractivity contribution in [2.75, 3.05) is 20.4 Å². The molecule has 0 unspecified atom stereocenters. The molecule has 1 N–H and O–H groups in total. The molecule has 0 aromatic carbocycles. The summed E-state index contributed by atoms with van der Waals surface area (Å²) < 4.78 is 4.88. The van der Waals surface area contributed by atoms with E-state index < -0.39 is 0 Å². The van der Waals surface area contributed by atoms with Crippen molar-refractivity contribution in [2.24, 2.45) is 0 Å². The molecule has 0 amide bonds. The Morgan fingerprint density at radius 1 is 1.58 bits per heavy atom. The first-order valence-electron chi connectivity index (χ1n) is 4.07. The zero-order valence-electron chi connectivity index (χ0n) is 7.59. The predicted octanol–water partition coefficient (Wildman–Crippen LogP) is 1.79. The van der Waals surface area contributed by atoms with E-state index in [9.17, 15) is 0 Å². The molecule has 0 fully saturated rings. The number of methoxy groups -OCH3 is 1. The number of ether oxygens (including phenoxy) is 1. The van der Waals surface area contributed by atoms with Gasteiger partial charge in [-0.25, -0.2) is 0 Å². The summed E-state index contributed by atoms with van der Waals surface area (Å²) in [5.74, 6) is 0. The Labute approximate surface area is 77.6 Å². The van der Waals surface area contributed by atoms with Crippen LogP contribution < -0.4 is 5.32 Å². The van der Waals surface area contributed by atoms with Crippen LogP contribution in [-0.2, 0) is 11.2 Å². The molecule has 2 nitrogen and oxygen atoms in total. The van der Waals surface area contributed by atoms with Crippen molar-refractivity contribution < 1.29 is 4.74 Å². The molecule has 1 aromatic heterocycles. The summed E-state index contributed by atoms with van der Waals surface area (Å²) in [5.41, 5.74) is 1.40. The Morgan fingerprint density at radius 2 is 2.42 bits per heavy atom. The van der Waals surface area contributed by atoms with Crippen LogP contribution in [0.3, 0.4) is 0 Å². The summed E-state index contributed by atoms with van der Waals surface area (Å²) in [4.78, 5) is 1.47. The third kappa shape index (κ3) is 2.93. The molecule has 0 atom stereocenters. The van der Waals surface area contributed by atoms with Gasteiger partial charge < -0.3 is 4.74 Å². The van der Waals surface area contributed by atoms with Gasteiger partial charge in [0, 0.05) is 18.5 Å². The molecule has 0 bridgehead atoms. The van der Waals surface area contributed by atoms with Crippen molar-refractivity contribution in [3.8, 4) is 0 Å². The van der Waals surface area contributed by atoms with Crippen molar-refractivity contribution in [3.05, 3.63) is 21.9 Å². The van der Waals surface area contributed by atoms with Gasteiger partial charge in [0.15, 0.2) is 0 Å². The van der Waals surface area contributed by atoms with Crippen LogP contribution >= 0.6 is 11.3 Å². The minimum Gasteiger partial charge on any atom is -0.370 e. The van der Waals surface area contributed by atoms with Gasteiger partial charge in [-0.15, -0.1) is 11.3 Å². The molecule has 0 saturated heterocycles. The SMILES string of the molecule is COCNCCc1sccc1C. The molecule has 0 saturated carbocycles. The number of thiophene rings is 1. The summed E-state index contributed by atoms with van der Waals surface area (Å²) in [6, 6.07) is 2.16. The Hall–Kier alpha value is -0.380. The standard InChI is InChI=1S/C9H15NOS/c1-8-4-6-12-9(8)3-5-10-7-11-2/h4,6,10H,3,5,7H2,1-2H3. The zero-order valence-corrected chi connectivity index (χ0v) is 8.41. The van der Waals surface area contributed by atoms with Gasteiger partial charge in [-0.1, -0.05) is 0 Å². The number of rotatable bonds is 5. The highest BCUT2D eigenvalue weighted by molar-refractivity contribution is 7.10. The normalized spacial score (nSPS) is 10.5. The van der Waals surface area contributed by atoms with Crippen LogP contribution in [0.1, 0.15) is 10.4 Å². The third-order valence-corrected chi connectivity index (χ3v) is 2.83. The first-order valence-corrected chi connectivity index (χ1v) is 4.95. The maximum atomic E-state index is 4.88. The molecular weight excluding hydrogens is 170 g/mol. The van der Waals surface area contributed by atoms with E-state index in [0.717, 1.165) is 13.0 Å². The van der Waals surface area contributed by atoms with E-state index in [1.807, 2.05) is 11.3 Å². The van der Waals surface area contributed by atoms with Crippen molar-refractivity contribution in [2.45, 2.75) is 13.3 Å². The van der Waals surface area contributed by atoms with E-state index in [4.69, 9.17) is 4.74 Å². The number of nitrogens with one attached hydrogen (secondary N) is 1. The predicted molar refractivity (Wildman–Crippen MR) is 52.6 cm³/mol. The molecule has 68 valence electrons. The van der Waals surface area contributed by atoms with Crippen molar-refractivity contribution in [1.82, 2.24) is 5.32 Å². The highest BCUT2D eigenvalue weighted by atomic mass is 32.1. The summed E-state index contributed by atoms with van der Waals surface area (Å²) in [6.07, 6.45) is 1.10. The summed E-state index contributed by atoms with van der Waals surface area (Å²) >= 11 is 1.83. The van der Waals surface area contributed by atoms with Gasteiger partial charge in [0.05, 0.1) is 6.73 Å². The highest BCUT2D eigenvalue weighted by Gasteiger charge is 1.97. The van der Waals surface area contributed by atoms with Crippen molar-refractivity contribution in [1.29, 1.82) is 0 Å². The van der Waals surface area contributed by atoms with Crippen LogP contribution in [-0.4, -0.2) is 20.4 Å². The topological polar surface area (TPSA) is 21.3 Å². The first-order chi connectivity index (χ1) is 5.84. The zero-order chi connectivity index (χ0) is 8.81. The molecule has 0 spiro atoms.